The Morgan fingerprint density at radius 3 is 2.71 bits per heavy atom. The van der Waals surface area contributed by atoms with Gasteiger partial charge in [0.2, 0.25) is 11.8 Å². The number of fused-ring (bicyclic) bond motifs is 1. The summed E-state index contributed by atoms with van der Waals surface area (Å²) in [7, 11) is -3.78. The number of thioether (sulfide) groups is 1. The highest BCUT2D eigenvalue weighted by atomic mass is 32.2. The van der Waals surface area contributed by atoms with Gasteiger partial charge >= 0.3 is 5.97 Å². The molecule has 4 aliphatic heterocycles. The zero-order chi connectivity index (χ0) is 24.8. The van der Waals surface area contributed by atoms with Crippen LogP contribution in [0.4, 0.5) is 0 Å². The van der Waals surface area contributed by atoms with Crippen LogP contribution in [-0.2, 0) is 24.6 Å². The van der Waals surface area contributed by atoms with Gasteiger partial charge in [-0.05, 0) is 32.7 Å². The molecule has 0 aromatic heterocycles. The van der Waals surface area contributed by atoms with Gasteiger partial charge in [0.25, 0.3) is 10.2 Å². The molecule has 14 heteroatoms. The van der Waals surface area contributed by atoms with Gasteiger partial charge in [-0.1, -0.05) is 6.92 Å². The van der Waals surface area contributed by atoms with Crippen molar-refractivity contribution in [1.29, 1.82) is 0 Å². The normalized spacial score (nSPS) is 34.2. The summed E-state index contributed by atoms with van der Waals surface area (Å²) in [5.74, 6) is -2.23. The van der Waals surface area contributed by atoms with Crippen molar-refractivity contribution >= 4 is 39.8 Å². The number of amides is 2. The van der Waals surface area contributed by atoms with Crippen LogP contribution in [0.2, 0.25) is 0 Å². The molecule has 0 aromatic carbocycles. The van der Waals surface area contributed by atoms with Crippen molar-refractivity contribution in [2.75, 3.05) is 19.6 Å². The summed E-state index contributed by atoms with van der Waals surface area (Å²) in [4.78, 5) is 39.7. The molecule has 0 aliphatic carbocycles. The number of carboxylic acid groups (broad SMARTS) is 1. The minimum atomic E-state index is -3.78. The molecule has 7 N–H and O–H groups in total. The quantitative estimate of drug-likeness (QED) is 0.194. The molecule has 2 amide bonds. The van der Waals surface area contributed by atoms with Crippen molar-refractivity contribution < 1.29 is 27.9 Å². The number of nitrogens with one attached hydrogen (secondary N) is 4. The van der Waals surface area contributed by atoms with Crippen molar-refractivity contribution in [3.05, 3.63) is 10.6 Å². The molecule has 0 saturated carbocycles. The second-order valence-electron chi connectivity index (χ2n) is 9.45. The van der Waals surface area contributed by atoms with Crippen molar-refractivity contribution in [3.8, 4) is 0 Å². The minimum Gasteiger partial charge on any atom is -0.477 e. The SMILES string of the molecule is CC(NC(=O)[C@@H]1CCCN1)[C@H]1C(=O)N2C(C(=O)O)=C(S[C@@H]3CN[C@H](CNS(N)(=O)=O)C3)[C@H](C)[C@H]12. The number of aliphatic carboxylic acids is 1. The van der Waals surface area contributed by atoms with E-state index in [9.17, 15) is 27.9 Å². The predicted molar refractivity (Wildman–Crippen MR) is 125 cm³/mol. The lowest BCUT2D eigenvalue weighted by atomic mass is 9.78. The Bertz CT molecular complexity index is 998. The van der Waals surface area contributed by atoms with Crippen LogP contribution in [-0.4, -0.2) is 85.3 Å². The van der Waals surface area contributed by atoms with Crippen molar-refractivity contribution in [2.24, 2.45) is 17.0 Å². The number of nitrogens with zero attached hydrogens (tertiary/aromatic N) is 1. The lowest BCUT2D eigenvalue weighted by molar-refractivity contribution is -0.158. The Kier molecular flexibility index (Phi) is 7.27. The number of β-lactam (4-membered cyclic amide) rings is 1. The molecule has 190 valence electrons. The Hall–Kier alpha value is -1.71. The third-order valence-electron chi connectivity index (χ3n) is 7.08. The molecule has 3 fully saturated rings. The van der Waals surface area contributed by atoms with Crippen LogP contribution < -0.4 is 25.8 Å². The molecule has 0 aromatic rings. The first kappa shape index (κ1) is 25.4. The number of carbonyl (C=O) groups excluding carboxylic acids is 2. The summed E-state index contributed by atoms with van der Waals surface area (Å²) in [5, 5.41) is 24.2. The van der Waals surface area contributed by atoms with Crippen LogP contribution in [0.25, 0.3) is 0 Å². The summed E-state index contributed by atoms with van der Waals surface area (Å²) in [6.07, 6.45) is 2.32. The monoisotopic (exact) mass is 516 g/mol. The number of rotatable bonds is 9. The standard InChI is InChI=1S/C20H32N6O6S2/c1-9-15-14(10(2)25-18(27)13-4-3-5-22-13)19(28)26(15)16(20(29)30)17(9)33-12-6-11(23-8-12)7-24-34(21,31)32/h9-15,22-24H,3-8H2,1-2H3,(H,25,27)(H,29,30)(H2,21,31,32)/t9-,10?,11+,12+,13+,14-,15-/m1/s1. The summed E-state index contributed by atoms with van der Waals surface area (Å²) < 4.78 is 24.6. The fraction of sp³-hybridized carbons (Fsp3) is 0.750. The smallest absolute Gasteiger partial charge is 0.353 e. The molecule has 1 unspecified atom stereocenters. The lowest BCUT2D eigenvalue weighted by Gasteiger charge is -2.47. The van der Waals surface area contributed by atoms with E-state index in [0.29, 0.717) is 17.9 Å². The van der Waals surface area contributed by atoms with Crippen LogP contribution in [0.15, 0.2) is 10.6 Å². The minimum absolute atomic E-state index is 0.0193. The Morgan fingerprint density at radius 1 is 1.35 bits per heavy atom. The van der Waals surface area contributed by atoms with Crippen LogP contribution >= 0.6 is 11.8 Å². The average Bonchev–Trinajstić information content (AvgIpc) is 3.47. The topological polar surface area (TPSA) is 183 Å². The van der Waals surface area contributed by atoms with Crippen LogP contribution in [0, 0.1) is 11.8 Å². The van der Waals surface area contributed by atoms with Gasteiger partial charge in [0.15, 0.2) is 0 Å². The Balaban J connectivity index is 1.42. The van der Waals surface area contributed by atoms with Crippen LogP contribution in [0.3, 0.4) is 0 Å². The first-order valence-corrected chi connectivity index (χ1v) is 13.9. The van der Waals surface area contributed by atoms with Gasteiger partial charge in [-0.25, -0.2) is 14.7 Å². The zero-order valence-electron chi connectivity index (χ0n) is 19.1. The molecule has 4 heterocycles. The van der Waals surface area contributed by atoms with Gasteiger partial charge in [-0.3, -0.25) is 9.59 Å². The van der Waals surface area contributed by atoms with Gasteiger partial charge in [0.1, 0.15) is 5.70 Å². The van der Waals surface area contributed by atoms with Gasteiger partial charge in [0.05, 0.1) is 18.0 Å². The van der Waals surface area contributed by atoms with E-state index >= 15 is 0 Å². The van der Waals surface area contributed by atoms with Gasteiger partial charge in [0, 0.05) is 41.2 Å². The molecule has 4 rings (SSSR count). The van der Waals surface area contributed by atoms with Crippen molar-refractivity contribution in [2.45, 2.75) is 62.5 Å². The highest BCUT2D eigenvalue weighted by Crippen LogP contribution is 2.51. The fourth-order valence-corrected chi connectivity index (χ4v) is 7.40. The van der Waals surface area contributed by atoms with E-state index in [1.165, 1.54) is 16.7 Å². The van der Waals surface area contributed by atoms with E-state index in [1.807, 2.05) is 6.92 Å². The molecule has 4 aliphatic rings. The molecular weight excluding hydrogens is 484 g/mol. The second-order valence-corrected chi connectivity index (χ2v) is 12.2. The third-order valence-corrected chi connectivity index (χ3v) is 9.16. The first-order valence-electron chi connectivity index (χ1n) is 11.5. The Morgan fingerprint density at radius 2 is 2.09 bits per heavy atom. The predicted octanol–water partition coefficient (Wildman–Crippen LogP) is -1.73. The second kappa shape index (κ2) is 9.74. The highest BCUT2D eigenvalue weighted by Gasteiger charge is 2.60. The fourth-order valence-electron chi connectivity index (χ4n) is 5.44. The number of hydrogen-bond acceptors (Lipinski definition) is 8. The summed E-state index contributed by atoms with van der Waals surface area (Å²) in [6, 6.07) is -1.10. The average molecular weight is 517 g/mol. The summed E-state index contributed by atoms with van der Waals surface area (Å²) in [5.41, 5.74) is 0.0193. The molecular formula is C20H32N6O6S2. The number of nitrogens with two attached hydrogens (primary N) is 1. The largest absolute Gasteiger partial charge is 0.477 e. The number of carbonyl (C=O) groups is 3. The Labute approximate surface area is 203 Å². The van der Waals surface area contributed by atoms with E-state index in [4.69, 9.17) is 5.14 Å². The van der Waals surface area contributed by atoms with E-state index in [0.717, 1.165) is 19.4 Å². The lowest BCUT2D eigenvalue weighted by Crippen LogP contribution is -2.66. The van der Waals surface area contributed by atoms with E-state index in [-0.39, 0.29) is 53.3 Å². The van der Waals surface area contributed by atoms with E-state index in [2.05, 4.69) is 20.7 Å². The molecule has 0 bridgehead atoms. The molecule has 3 saturated heterocycles. The molecule has 12 nitrogen and oxygen atoms in total. The maximum absolute atomic E-state index is 13.0. The van der Waals surface area contributed by atoms with Crippen LogP contribution in [0.1, 0.15) is 33.1 Å². The van der Waals surface area contributed by atoms with E-state index in [1.54, 1.807) is 6.92 Å². The van der Waals surface area contributed by atoms with Gasteiger partial charge < -0.3 is 26.0 Å². The molecule has 7 atom stereocenters. The maximum atomic E-state index is 13.0. The third kappa shape index (κ3) is 4.97. The maximum Gasteiger partial charge on any atom is 0.353 e. The molecule has 34 heavy (non-hydrogen) atoms. The van der Waals surface area contributed by atoms with Crippen molar-refractivity contribution in [3.63, 3.8) is 0 Å². The van der Waals surface area contributed by atoms with Gasteiger partial charge in [-0.15, -0.1) is 11.8 Å². The summed E-state index contributed by atoms with van der Waals surface area (Å²) >= 11 is 1.43. The number of carboxylic acids is 1. The first-order chi connectivity index (χ1) is 16.0. The molecule has 0 spiro atoms. The van der Waals surface area contributed by atoms with Gasteiger partial charge in [-0.2, -0.15) is 8.42 Å². The molecule has 0 radical (unpaired) electrons. The highest BCUT2D eigenvalue weighted by molar-refractivity contribution is 8.03. The summed E-state index contributed by atoms with van der Waals surface area (Å²) in [6.45, 7) is 5.25. The van der Waals surface area contributed by atoms with E-state index < -0.39 is 28.1 Å². The van der Waals surface area contributed by atoms with Crippen molar-refractivity contribution in [1.82, 2.24) is 25.6 Å². The van der Waals surface area contributed by atoms with Crippen LogP contribution in [0.5, 0.6) is 0 Å². The zero-order valence-corrected chi connectivity index (χ0v) is 20.7. The number of hydrogen-bond donors (Lipinski definition) is 6.